The van der Waals surface area contributed by atoms with Crippen LogP contribution in [0, 0.1) is 6.92 Å². The number of para-hydroxylation sites is 2. The van der Waals surface area contributed by atoms with Gasteiger partial charge in [-0.15, -0.1) is 0 Å². The molecule has 1 aliphatic heterocycles. The Labute approximate surface area is 177 Å². The zero-order chi connectivity index (χ0) is 21.4. The Morgan fingerprint density at radius 3 is 2.90 bits per heavy atom. The van der Waals surface area contributed by atoms with Crippen LogP contribution in [0.3, 0.4) is 0 Å². The Morgan fingerprint density at radius 1 is 1.13 bits per heavy atom. The van der Waals surface area contributed by atoms with Gasteiger partial charge in [0.1, 0.15) is 5.52 Å². The average Bonchev–Trinajstić information content (AvgIpc) is 2.94. The second-order valence-electron chi connectivity index (χ2n) is 7.41. The molecule has 0 spiro atoms. The van der Waals surface area contributed by atoms with Crippen LogP contribution in [0.25, 0.3) is 11.1 Å². The lowest BCUT2D eigenvalue weighted by molar-refractivity contribution is -0.116. The maximum atomic E-state index is 12.3. The van der Waals surface area contributed by atoms with Crippen LogP contribution in [0.5, 0.6) is 0 Å². The van der Waals surface area contributed by atoms with E-state index in [1.54, 1.807) is 24.4 Å². The zero-order valence-corrected chi connectivity index (χ0v) is 16.8. The van der Waals surface area contributed by atoms with E-state index in [2.05, 4.69) is 26.0 Å². The molecule has 3 N–H and O–H groups in total. The minimum Gasteiger partial charge on any atom is -0.406 e. The zero-order valence-electron chi connectivity index (χ0n) is 16.8. The van der Waals surface area contributed by atoms with E-state index in [9.17, 15) is 9.59 Å². The van der Waals surface area contributed by atoms with Gasteiger partial charge in [0.15, 0.2) is 11.4 Å². The van der Waals surface area contributed by atoms with Crippen LogP contribution in [0.1, 0.15) is 24.0 Å². The van der Waals surface area contributed by atoms with Crippen molar-refractivity contribution in [3.63, 3.8) is 0 Å². The number of amides is 1. The first kappa shape index (κ1) is 18.9. The van der Waals surface area contributed by atoms with Crippen molar-refractivity contribution >= 4 is 40.1 Å². The van der Waals surface area contributed by atoms with Crippen LogP contribution in [-0.4, -0.2) is 20.6 Å². The Balaban J connectivity index is 1.43. The minimum atomic E-state index is -0.532. The van der Waals surface area contributed by atoms with Gasteiger partial charge in [0.05, 0.1) is 0 Å². The van der Waals surface area contributed by atoms with E-state index in [0.29, 0.717) is 29.3 Å². The monoisotopic (exact) mass is 416 g/mol. The summed E-state index contributed by atoms with van der Waals surface area (Å²) in [5.74, 6) is 0.310. The van der Waals surface area contributed by atoms with Crippen LogP contribution in [0.15, 0.2) is 57.9 Å². The number of anilines is 4. The molecule has 9 nitrogen and oxygen atoms in total. The van der Waals surface area contributed by atoms with Crippen LogP contribution in [-0.2, 0) is 11.2 Å². The Hall–Kier alpha value is -4.14. The van der Waals surface area contributed by atoms with Crippen molar-refractivity contribution in [3.05, 3.63) is 70.3 Å². The van der Waals surface area contributed by atoms with Gasteiger partial charge in [-0.3, -0.25) is 10.2 Å². The van der Waals surface area contributed by atoms with Gasteiger partial charge in [-0.05, 0) is 49.6 Å². The van der Waals surface area contributed by atoms with Gasteiger partial charge in [-0.1, -0.05) is 18.2 Å². The molecule has 2 aromatic heterocycles. The third-order valence-corrected chi connectivity index (χ3v) is 5.17. The molecule has 0 saturated carbocycles. The number of nitrogens with one attached hydrogen (secondary N) is 3. The smallest absolute Gasteiger partial charge is 0.406 e. The predicted molar refractivity (Wildman–Crippen MR) is 118 cm³/mol. The van der Waals surface area contributed by atoms with Gasteiger partial charge in [0.25, 0.3) is 0 Å². The SMILES string of the molecule is Cc1cnc(Nc2ccc3c(c2)NC(=O)CCC3)nc1Nn1c(=O)oc2ccccc21. The van der Waals surface area contributed by atoms with E-state index in [0.717, 1.165) is 35.3 Å². The van der Waals surface area contributed by atoms with Crippen LogP contribution in [0.2, 0.25) is 0 Å². The number of aryl methyl sites for hydroxylation is 2. The molecular weight excluding hydrogens is 396 g/mol. The Morgan fingerprint density at radius 2 is 2.00 bits per heavy atom. The molecule has 1 amide bonds. The fraction of sp³-hybridized carbons (Fsp3) is 0.182. The van der Waals surface area contributed by atoms with E-state index in [-0.39, 0.29) is 5.91 Å². The minimum absolute atomic E-state index is 0.0201. The van der Waals surface area contributed by atoms with Crippen molar-refractivity contribution in [3.8, 4) is 0 Å². The molecule has 9 heteroatoms. The number of nitrogens with zero attached hydrogens (tertiary/aromatic N) is 3. The van der Waals surface area contributed by atoms with Crippen molar-refractivity contribution in [1.82, 2.24) is 14.6 Å². The largest absolute Gasteiger partial charge is 0.439 e. The van der Waals surface area contributed by atoms with Crippen molar-refractivity contribution < 1.29 is 9.21 Å². The molecule has 1 aliphatic rings. The molecule has 0 bridgehead atoms. The van der Waals surface area contributed by atoms with Gasteiger partial charge in [0, 0.05) is 29.6 Å². The summed E-state index contributed by atoms with van der Waals surface area (Å²) < 4.78 is 6.57. The first-order valence-electron chi connectivity index (χ1n) is 9.98. The summed E-state index contributed by atoms with van der Waals surface area (Å²) in [6, 6.07) is 12.9. The first-order chi connectivity index (χ1) is 15.1. The lowest BCUT2D eigenvalue weighted by Crippen LogP contribution is -2.23. The second kappa shape index (κ2) is 7.60. The molecule has 0 atom stereocenters. The van der Waals surface area contributed by atoms with E-state index in [1.807, 2.05) is 31.2 Å². The number of fused-ring (bicyclic) bond motifs is 2. The molecule has 4 aromatic rings. The number of rotatable bonds is 4. The van der Waals surface area contributed by atoms with Gasteiger partial charge < -0.3 is 15.1 Å². The second-order valence-corrected chi connectivity index (χ2v) is 7.41. The molecule has 5 rings (SSSR count). The van der Waals surface area contributed by atoms with Crippen molar-refractivity contribution in [2.75, 3.05) is 16.1 Å². The van der Waals surface area contributed by atoms with E-state index in [1.165, 1.54) is 4.68 Å². The maximum absolute atomic E-state index is 12.3. The summed E-state index contributed by atoms with van der Waals surface area (Å²) in [6.07, 6.45) is 3.88. The van der Waals surface area contributed by atoms with Crippen molar-refractivity contribution in [1.29, 1.82) is 0 Å². The average molecular weight is 416 g/mol. The number of hydrogen-bond donors (Lipinski definition) is 3. The van der Waals surface area contributed by atoms with Gasteiger partial charge in [-0.25, -0.2) is 9.78 Å². The van der Waals surface area contributed by atoms with Crippen LogP contribution in [0.4, 0.5) is 23.1 Å². The molecule has 156 valence electrons. The van der Waals surface area contributed by atoms with Gasteiger partial charge in [0.2, 0.25) is 11.9 Å². The molecule has 0 aliphatic carbocycles. The number of oxazole rings is 1. The standard InChI is InChI=1S/C22H20N6O3/c1-13-12-23-21(24-15-10-9-14-5-4-8-19(29)25-16(14)11-15)26-20(13)27-28-17-6-2-3-7-18(17)31-22(28)30/h2-3,6-7,9-12H,4-5,8H2,1H3,(H,25,29)(H2,23,24,26,27). The van der Waals surface area contributed by atoms with E-state index < -0.39 is 5.76 Å². The predicted octanol–water partition coefficient (Wildman–Crippen LogP) is 3.59. The fourth-order valence-electron chi connectivity index (χ4n) is 3.56. The number of hydrogen-bond acceptors (Lipinski definition) is 7. The van der Waals surface area contributed by atoms with E-state index in [4.69, 9.17) is 4.42 Å². The molecule has 0 fully saturated rings. The van der Waals surface area contributed by atoms with Crippen LogP contribution >= 0.6 is 0 Å². The van der Waals surface area contributed by atoms with Crippen LogP contribution < -0.4 is 21.8 Å². The maximum Gasteiger partial charge on any atom is 0.439 e. The quantitative estimate of drug-likeness (QED) is 0.466. The molecule has 2 aromatic carbocycles. The summed E-state index contributed by atoms with van der Waals surface area (Å²) in [7, 11) is 0. The van der Waals surface area contributed by atoms with Gasteiger partial charge in [-0.2, -0.15) is 9.66 Å². The number of carbonyl (C=O) groups excluding carboxylic acids is 1. The summed E-state index contributed by atoms with van der Waals surface area (Å²) in [6.45, 7) is 1.84. The van der Waals surface area contributed by atoms with E-state index >= 15 is 0 Å². The van der Waals surface area contributed by atoms with Gasteiger partial charge >= 0.3 is 5.76 Å². The molecule has 0 unspecified atom stereocenters. The molecule has 0 radical (unpaired) electrons. The first-order valence-corrected chi connectivity index (χ1v) is 9.98. The highest BCUT2D eigenvalue weighted by Gasteiger charge is 2.14. The highest BCUT2D eigenvalue weighted by atomic mass is 16.4. The summed E-state index contributed by atoms with van der Waals surface area (Å²) >= 11 is 0. The molecular formula is C22H20N6O3. The molecule has 31 heavy (non-hydrogen) atoms. The number of benzene rings is 2. The third-order valence-electron chi connectivity index (χ3n) is 5.17. The highest BCUT2D eigenvalue weighted by molar-refractivity contribution is 5.93. The van der Waals surface area contributed by atoms with Crippen molar-refractivity contribution in [2.24, 2.45) is 0 Å². The summed E-state index contributed by atoms with van der Waals surface area (Å²) in [5, 5.41) is 6.11. The normalized spacial score (nSPS) is 13.4. The lowest BCUT2D eigenvalue weighted by Gasteiger charge is -2.13. The summed E-state index contributed by atoms with van der Waals surface area (Å²) in [4.78, 5) is 33.0. The lowest BCUT2D eigenvalue weighted by atomic mass is 10.1. The molecule has 0 saturated heterocycles. The fourth-order valence-corrected chi connectivity index (χ4v) is 3.56. The Bertz CT molecular complexity index is 1360. The Kier molecular flexibility index (Phi) is 4.62. The molecule has 3 heterocycles. The topological polar surface area (TPSA) is 114 Å². The third kappa shape index (κ3) is 3.73. The number of aromatic nitrogens is 3. The number of carbonyl (C=O) groups is 1. The highest BCUT2D eigenvalue weighted by Crippen LogP contribution is 2.27. The van der Waals surface area contributed by atoms with Crippen molar-refractivity contribution in [2.45, 2.75) is 26.2 Å². The summed E-state index contributed by atoms with van der Waals surface area (Å²) in [5.41, 5.74) is 7.53.